The van der Waals surface area contributed by atoms with Crippen LogP contribution < -0.4 is 15.5 Å². The van der Waals surface area contributed by atoms with Gasteiger partial charge in [0.05, 0.1) is 17.9 Å². The number of halogens is 1. The zero-order valence-corrected chi connectivity index (χ0v) is 14.6. The second-order valence-electron chi connectivity index (χ2n) is 5.92. The van der Waals surface area contributed by atoms with E-state index in [0.29, 0.717) is 18.0 Å². The molecule has 0 unspecified atom stereocenters. The maximum Gasteiger partial charge on any atom is 0.239 e. The smallest absolute Gasteiger partial charge is 0.239 e. The van der Waals surface area contributed by atoms with Crippen molar-refractivity contribution in [1.82, 2.24) is 5.32 Å². The van der Waals surface area contributed by atoms with Gasteiger partial charge in [0.2, 0.25) is 11.8 Å². The zero-order chi connectivity index (χ0) is 17.6. The van der Waals surface area contributed by atoms with E-state index >= 15 is 0 Å². The molecule has 2 aromatic carbocycles. The Kier molecular flexibility index (Phi) is 5.56. The lowest BCUT2D eigenvalue weighted by Crippen LogP contribution is -2.30. The predicted octanol–water partition coefficient (Wildman–Crippen LogP) is 3.20. The molecule has 25 heavy (non-hydrogen) atoms. The van der Waals surface area contributed by atoms with E-state index in [1.807, 2.05) is 36.4 Å². The van der Waals surface area contributed by atoms with Crippen LogP contribution in [0.4, 0.5) is 11.4 Å². The van der Waals surface area contributed by atoms with E-state index in [4.69, 9.17) is 11.6 Å². The van der Waals surface area contributed by atoms with Crippen LogP contribution in [-0.2, 0) is 16.1 Å². The summed E-state index contributed by atoms with van der Waals surface area (Å²) < 4.78 is 0. The van der Waals surface area contributed by atoms with Crippen molar-refractivity contribution < 1.29 is 9.59 Å². The summed E-state index contributed by atoms with van der Waals surface area (Å²) in [6, 6.07) is 14.9. The highest BCUT2D eigenvalue weighted by Gasteiger charge is 2.23. The van der Waals surface area contributed by atoms with Gasteiger partial charge >= 0.3 is 0 Å². The van der Waals surface area contributed by atoms with Gasteiger partial charge in [-0.15, -0.1) is 0 Å². The normalized spacial score (nSPS) is 13.8. The first-order valence-electron chi connectivity index (χ1n) is 8.28. The van der Waals surface area contributed by atoms with E-state index in [9.17, 15) is 9.59 Å². The maximum absolute atomic E-state index is 12.1. The van der Waals surface area contributed by atoms with Gasteiger partial charge in [0.25, 0.3) is 0 Å². The highest BCUT2D eigenvalue weighted by atomic mass is 35.5. The fraction of sp³-hybridized carbons (Fsp3) is 0.263. The number of amides is 2. The Morgan fingerprint density at radius 3 is 2.60 bits per heavy atom. The van der Waals surface area contributed by atoms with E-state index in [1.165, 1.54) is 0 Å². The molecule has 6 heteroatoms. The number of para-hydroxylation sites is 2. The average molecular weight is 358 g/mol. The summed E-state index contributed by atoms with van der Waals surface area (Å²) in [5.41, 5.74) is 2.61. The summed E-state index contributed by atoms with van der Waals surface area (Å²) in [4.78, 5) is 25.8. The lowest BCUT2D eigenvalue weighted by molar-refractivity contribution is -0.119. The number of rotatable bonds is 6. The molecule has 0 saturated carbocycles. The summed E-state index contributed by atoms with van der Waals surface area (Å²) >= 11 is 5.85. The molecule has 0 spiro atoms. The number of nitrogens with zero attached hydrogens (tertiary/aromatic N) is 1. The summed E-state index contributed by atoms with van der Waals surface area (Å²) in [5.74, 6) is 0.0129. The Labute approximate surface area is 152 Å². The van der Waals surface area contributed by atoms with Gasteiger partial charge in [0.15, 0.2) is 0 Å². The van der Waals surface area contributed by atoms with Crippen molar-refractivity contribution in [1.29, 1.82) is 0 Å². The Hall–Kier alpha value is -2.53. The van der Waals surface area contributed by atoms with E-state index in [0.717, 1.165) is 29.9 Å². The average Bonchev–Trinajstić information content (AvgIpc) is 3.05. The van der Waals surface area contributed by atoms with Crippen molar-refractivity contribution in [2.24, 2.45) is 0 Å². The minimum atomic E-state index is -0.113. The van der Waals surface area contributed by atoms with Crippen LogP contribution in [0.2, 0.25) is 5.02 Å². The molecule has 1 heterocycles. The van der Waals surface area contributed by atoms with Crippen molar-refractivity contribution in [2.45, 2.75) is 19.4 Å². The van der Waals surface area contributed by atoms with Crippen molar-refractivity contribution in [3.05, 3.63) is 59.1 Å². The second-order valence-corrected chi connectivity index (χ2v) is 6.36. The highest BCUT2D eigenvalue weighted by molar-refractivity contribution is 6.30. The van der Waals surface area contributed by atoms with Crippen molar-refractivity contribution in [2.75, 3.05) is 23.3 Å². The summed E-state index contributed by atoms with van der Waals surface area (Å²) in [6.07, 6.45) is 1.45. The highest BCUT2D eigenvalue weighted by Crippen LogP contribution is 2.29. The standard InChI is InChI=1S/C19H20ClN3O2/c20-15-9-7-14(8-10-15)12-22-18(24)13-21-16-4-1-2-5-17(16)23-11-3-6-19(23)25/h1-2,4-5,7-10,21H,3,6,11-13H2,(H,22,24). The van der Waals surface area contributed by atoms with Gasteiger partial charge in [-0.2, -0.15) is 0 Å². The Morgan fingerprint density at radius 1 is 1.12 bits per heavy atom. The lowest BCUT2D eigenvalue weighted by Gasteiger charge is -2.20. The quantitative estimate of drug-likeness (QED) is 0.834. The molecule has 0 aliphatic carbocycles. The van der Waals surface area contributed by atoms with E-state index in [1.54, 1.807) is 17.0 Å². The number of hydrogen-bond acceptors (Lipinski definition) is 3. The third-order valence-electron chi connectivity index (χ3n) is 4.11. The Morgan fingerprint density at radius 2 is 1.88 bits per heavy atom. The number of benzene rings is 2. The Balaban J connectivity index is 1.55. The van der Waals surface area contributed by atoms with Crippen LogP contribution in [0.3, 0.4) is 0 Å². The van der Waals surface area contributed by atoms with Crippen molar-refractivity contribution in [3.8, 4) is 0 Å². The van der Waals surface area contributed by atoms with Crippen LogP contribution >= 0.6 is 11.6 Å². The van der Waals surface area contributed by atoms with Crippen LogP contribution in [0.15, 0.2) is 48.5 Å². The van der Waals surface area contributed by atoms with Crippen LogP contribution in [0.25, 0.3) is 0 Å². The third-order valence-corrected chi connectivity index (χ3v) is 4.36. The fourth-order valence-electron chi connectivity index (χ4n) is 2.80. The van der Waals surface area contributed by atoms with Gasteiger partial charge in [-0.25, -0.2) is 0 Å². The molecule has 0 atom stereocenters. The summed E-state index contributed by atoms with van der Waals surface area (Å²) in [7, 11) is 0. The lowest BCUT2D eigenvalue weighted by atomic mass is 10.2. The molecule has 0 bridgehead atoms. The first kappa shape index (κ1) is 17.3. The number of anilines is 2. The molecule has 2 N–H and O–H groups in total. The van der Waals surface area contributed by atoms with Crippen LogP contribution in [-0.4, -0.2) is 24.9 Å². The zero-order valence-electron chi connectivity index (χ0n) is 13.8. The summed E-state index contributed by atoms with van der Waals surface area (Å²) in [5, 5.41) is 6.66. The van der Waals surface area contributed by atoms with E-state index in [-0.39, 0.29) is 18.4 Å². The topological polar surface area (TPSA) is 61.4 Å². The molecule has 1 saturated heterocycles. The molecule has 3 rings (SSSR count). The largest absolute Gasteiger partial charge is 0.374 e. The van der Waals surface area contributed by atoms with Gasteiger partial charge < -0.3 is 15.5 Å². The number of nitrogens with one attached hydrogen (secondary N) is 2. The van der Waals surface area contributed by atoms with Gasteiger partial charge in [-0.05, 0) is 36.2 Å². The SMILES string of the molecule is O=C(CNc1ccccc1N1CCCC1=O)NCc1ccc(Cl)cc1. The van der Waals surface area contributed by atoms with Crippen LogP contribution in [0.5, 0.6) is 0 Å². The molecular weight excluding hydrogens is 338 g/mol. The molecule has 0 aromatic heterocycles. The Bertz CT molecular complexity index is 762. The second kappa shape index (κ2) is 8.03. The number of carbonyl (C=O) groups is 2. The molecule has 2 amide bonds. The first-order valence-corrected chi connectivity index (χ1v) is 8.66. The maximum atomic E-state index is 12.1. The first-order chi connectivity index (χ1) is 12.1. The van der Waals surface area contributed by atoms with Crippen LogP contribution in [0.1, 0.15) is 18.4 Å². The minimum absolute atomic E-state index is 0.113. The monoisotopic (exact) mass is 357 g/mol. The molecule has 1 aliphatic rings. The fourth-order valence-corrected chi connectivity index (χ4v) is 2.93. The molecule has 5 nitrogen and oxygen atoms in total. The molecule has 0 radical (unpaired) electrons. The van der Waals surface area contributed by atoms with Gasteiger partial charge in [-0.3, -0.25) is 9.59 Å². The molecule has 1 fully saturated rings. The van der Waals surface area contributed by atoms with Gasteiger partial charge in [0, 0.05) is 24.5 Å². The van der Waals surface area contributed by atoms with Crippen molar-refractivity contribution in [3.63, 3.8) is 0 Å². The molecule has 1 aliphatic heterocycles. The summed E-state index contributed by atoms with van der Waals surface area (Å²) in [6.45, 7) is 1.32. The van der Waals surface area contributed by atoms with Crippen LogP contribution in [0, 0.1) is 0 Å². The molecule has 2 aromatic rings. The number of hydrogen-bond donors (Lipinski definition) is 2. The number of carbonyl (C=O) groups excluding carboxylic acids is 2. The van der Waals surface area contributed by atoms with Gasteiger partial charge in [0.1, 0.15) is 0 Å². The van der Waals surface area contributed by atoms with Crippen molar-refractivity contribution >= 4 is 34.8 Å². The van der Waals surface area contributed by atoms with E-state index < -0.39 is 0 Å². The molecule has 130 valence electrons. The molecular formula is C19H20ClN3O2. The van der Waals surface area contributed by atoms with Gasteiger partial charge in [-0.1, -0.05) is 35.9 Å². The third kappa shape index (κ3) is 4.51. The minimum Gasteiger partial charge on any atom is -0.374 e. The van der Waals surface area contributed by atoms with E-state index in [2.05, 4.69) is 10.6 Å². The predicted molar refractivity (Wildman–Crippen MR) is 99.8 cm³/mol.